The third-order valence-electron chi connectivity index (χ3n) is 4.76. The zero-order chi connectivity index (χ0) is 22.5. The Labute approximate surface area is 193 Å². The molecule has 0 aliphatic rings. The summed E-state index contributed by atoms with van der Waals surface area (Å²) in [4.78, 5) is 16.5. The first-order chi connectivity index (χ1) is 15.5. The number of aromatic nitrogens is 1. The molecule has 0 aliphatic carbocycles. The zero-order valence-electron chi connectivity index (χ0n) is 17.1. The molecule has 1 N–H and O–H groups in total. The van der Waals surface area contributed by atoms with E-state index in [4.69, 9.17) is 14.7 Å². The van der Waals surface area contributed by atoms with E-state index in [1.807, 2.05) is 49.4 Å². The van der Waals surface area contributed by atoms with Crippen LogP contribution in [0.5, 0.6) is 17.4 Å². The van der Waals surface area contributed by atoms with Crippen LogP contribution in [0.15, 0.2) is 77.4 Å². The van der Waals surface area contributed by atoms with Crippen LogP contribution in [0.25, 0.3) is 10.8 Å². The molecule has 0 aliphatic heterocycles. The van der Waals surface area contributed by atoms with Gasteiger partial charge in [-0.2, -0.15) is 5.26 Å². The first-order valence-electron chi connectivity index (χ1n) is 9.78. The Balaban J connectivity index is 1.40. The van der Waals surface area contributed by atoms with Crippen molar-refractivity contribution in [3.63, 3.8) is 0 Å². The van der Waals surface area contributed by atoms with Gasteiger partial charge >= 0.3 is 0 Å². The number of anilines is 1. The van der Waals surface area contributed by atoms with Crippen molar-refractivity contribution in [1.29, 1.82) is 5.26 Å². The smallest absolute Gasteiger partial charge is 0.262 e. The minimum Gasteiger partial charge on any atom is -0.483 e. The Morgan fingerprint density at radius 1 is 1.12 bits per heavy atom. The SMILES string of the molecule is Cc1cc(Oc2ncccc2C#N)ccc1NC(=O)COc1ccc2ccccc2c1Br. The van der Waals surface area contributed by atoms with Crippen LogP contribution >= 0.6 is 15.9 Å². The van der Waals surface area contributed by atoms with Gasteiger partial charge in [-0.3, -0.25) is 4.79 Å². The summed E-state index contributed by atoms with van der Waals surface area (Å²) in [6.45, 7) is 1.72. The number of hydrogen-bond acceptors (Lipinski definition) is 5. The predicted octanol–water partition coefficient (Wildman–Crippen LogP) is 5.99. The van der Waals surface area contributed by atoms with E-state index in [0.717, 1.165) is 20.8 Å². The first kappa shape index (κ1) is 21.3. The molecule has 1 heterocycles. The standard InChI is InChI=1S/C25H18BrN3O3/c1-16-13-19(32-25-18(14-27)6-4-12-28-25)9-10-21(16)29-23(30)15-31-22-11-8-17-5-2-3-7-20(17)24(22)26/h2-13H,15H2,1H3,(H,29,30). The molecule has 7 heteroatoms. The van der Waals surface area contributed by atoms with Gasteiger partial charge in [0.2, 0.25) is 5.88 Å². The molecule has 4 rings (SSSR count). The van der Waals surface area contributed by atoms with E-state index in [9.17, 15) is 4.79 Å². The highest BCUT2D eigenvalue weighted by atomic mass is 79.9. The summed E-state index contributed by atoms with van der Waals surface area (Å²) in [5, 5.41) is 14.1. The third-order valence-corrected chi connectivity index (χ3v) is 5.58. The largest absolute Gasteiger partial charge is 0.483 e. The molecular weight excluding hydrogens is 470 g/mol. The summed E-state index contributed by atoms with van der Waals surface area (Å²) in [5.41, 5.74) is 1.79. The fourth-order valence-corrected chi connectivity index (χ4v) is 3.77. The number of fused-ring (bicyclic) bond motifs is 1. The van der Waals surface area contributed by atoms with Crippen molar-refractivity contribution >= 4 is 38.3 Å². The number of benzene rings is 3. The lowest BCUT2D eigenvalue weighted by Gasteiger charge is -2.13. The Kier molecular flexibility index (Phi) is 6.34. The average molecular weight is 488 g/mol. The van der Waals surface area contributed by atoms with Crippen LogP contribution in [0.4, 0.5) is 5.69 Å². The van der Waals surface area contributed by atoms with E-state index in [-0.39, 0.29) is 18.4 Å². The molecule has 3 aromatic carbocycles. The third kappa shape index (κ3) is 4.71. The van der Waals surface area contributed by atoms with Crippen molar-refractivity contribution in [1.82, 2.24) is 4.98 Å². The summed E-state index contributed by atoms with van der Waals surface area (Å²) < 4.78 is 12.3. The molecule has 4 aromatic rings. The van der Waals surface area contributed by atoms with E-state index in [2.05, 4.69) is 26.2 Å². The number of nitriles is 1. The second-order valence-electron chi connectivity index (χ2n) is 6.98. The van der Waals surface area contributed by atoms with Gasteiger partial charge in [0.05, 0.1) is 4.47 Å². The van der Waals surface area contributed by atoms with Crippen LogP contribution < -0.4 is 14.8 Å². The summed E-state index contributed by atoms with van der Waals surface area (Å²) in [6, 6.07) is 22.3. The number of carbonyl (C=O) groups excluding carboxylic acids is 1. The average Bonchev–Trinajstić information content (AvgIpc) is 2.81. The van der Waals surface area contributed by atoms with E-state index in [0.29, 0.717) is 22.7 Å². The number of aryl methyl sites for hydroxylation is 1. The van der Waals surface area contributed by atoms with Gasteiger partial charge in [-0.15, -0.1) is 0 Å². The summed E-state index contributed by atoms with van der Waals surface area (Å²) in [6.07, 6.45) is 1.56. The fraction of sp³-hybridized carbons (Fsp3) is 0.0800. The zero-order valence-corrected chi connectivity index (χ0v) is 18.7. The van der Waals surface area contributed by atoms with Crippen molar-refractivity contribution in [2.75, 3.05) is 11.9 Å². The van der Waals surface area contributed by atoms with Crippen LogP contribution in [0, 0.1) is 18.3 Å². The Morgan fingerprint density at radius 3 is 2.78 bits per heavy atom. The summed E-state index contributed by atoms with van der Waals surface area (Å²) >= 11 is 3.56. The monoisotopic (exact) mass is 487 g/mol. The second kappa shape index (κ2) is 9.50. The van der Waals surface area contributed by atoms with Crippen LogP contribution in [-0.2, 0) is 4.79 Å². The van der Waals surface area contributed by atoms with E-state index in [1.54, 1.807) is 36.5 Å². The molecule has 0 atom stereocenters. The van der Waals surface area contributed by atoms with Crippen molar-refractivity contribution in [2.24, 2.45) is 0 Å². The Bertz CT molecular complexity index is 1350. The van der Waals surface area contributed by atoms with E-state index < -0.39 is 0 Å². The maximum absolute atomic E-state index is 12.4. The van der Waals surface area contributed by atoms with Crippen LogP contribution in [-0.4, -0.2) is 17.5 Å². The fourth-order valence-electron chi connectivity index (χ4n) is 3.16. The number of halogens is 1. The molecule has 0 saturated carbocycles. The molecule has 32 heavy (non-hydrogen) atoms. The van der Waals surface area contributed by atoms with Crippen molar-refractivity contribution in [3.05, 3.63) is 88.5 Å². The van der Waals surface area contributed by atoms with Gasteiger partial charge in [-0.05, 0) is 75.6 Å². The number of rotatable bonds is 6. The maximum atomic E-state index is 12.4. The molecular formula is C25H18BrN3O3. The number of pyridine rings is 1. The molecule has 0 bridgehead atoms. The predicted molar refractivity (Wildman–Crippen MR) is 126 cm³/mol. The summed E-state index contributed by atoms with van der Waals surface area (Å²) in [5.74, 6) is 1.08. The molecule has 1 amide bonds. The van der Waals surface area contributed by atoms with Gasteiger partial charge in [0.1, 0.15) is 23.1 Å². The number of nitrogens with one attached hydrogen (secondary N) is 1. The maximum Gasteiger partial charge on any atom is 0.262 e. The normalized spacial score (nSPS) is 10.4. The number of amides is 1. The lowest BCUT2D eigenvalue weighted by molar-refractivity contribution is -0.118. The lowest BCUT2D eigenvalue weighted by atomic mass is 10.1. The highest BCUT2D eigenvalue weighted by molar-refractivity contribution is 9.10. The highest BCUT2D eigenvalue weighted by Crippen LogP contribution is 2.33. The minimum absolute atomic E-state index is 0.131. The van der Waals surface area contributed by atoms with E-state index >= 15 is 0 Å². The highest BCUT2D eigenvalue weighted by Gasteiger charge is 2.11. The number of carbonyl (C=O) groups is 1. The van der Waals surface area contributed by atoms with Gasteiger partial charge in [0.25, 0.3) is 5.91 Å². The number of ether oxygens (including phenoxy) is 2. The van der Waals surface area contributed by atoms with E-state index in [1.165, 1.54) is 0 Å². The van der Waals surface area contributed by atoms with Crippen LogP contribution in [0.2, 0.25) is 0 Å². The molecule has 0 fully saturated rings. The molecule has 158 valence electrons. The molecule has 0 radical (unpaired) electrons. The van der Waals surface area contributed by atoms with Crippen molar-refractivity contribution in [2.45, 2.75) is 6.92 Å². The van der Waals surface area contributed by atoms with Gasteiger partial charge in [0.15, 0.2) is 6.61 Å². The minimum atomic E-state index is -0.279. The second-order valence-corrected chi connectivity index (χ2v) is 7.78. The molecule has 0 spiro atoms. The van der Waals surface area contributed by atoms with Gasteiger partial charge in [0, 0.05) is 11.9 Å². The quantitative estimate of drug-likeness (QED) is 0.361. The molecule has 6 nitrogen and oxygen atoms in total. The number of hydrogen-bond donors (Lipinski definition) is 1. The summed E-state index contributed by atoms with van der Waals surface area (Å²) in [7, 11) is 0. The topological polar surface area (TPSA) is 84.2 Å². The molecule has 0 saturated heterocycles. The Morgan fingerprint density at radius 2 is 1.97 bits per heavy atom. The van der Waals surface area contributed by atoms with Crippen molar-refractivity contribution < 1.29 is 14.3 Å². The van der Waals surface area contributed by atoms with Gasteiger partial charge in [-0.25, -0.2) is 4.98 Å². The lowest BCUT2D eigenvalue weighted by Crippen LogP contribution is -2.20. The van der Waals surface area contributed by atoms with Gasteiger partial charge in [-0.1, -0.05) is 30.3 Å². The number of nitrogens with zero attached hydrogens (tertiary/aromatic N) is 2. The molecule has 1 aromatic heterocycles. The first-order valence-corrected chi connectivity index (χ1v) is 10.6. The van der Waals surface area contributed by atoms with Crippen LogP contribution in [0.1, 0.15) is 11.1 Å². The van der Waals surface area contributed by atoms with Gasteiger partial charge < -0.3 is 14.8 Å². The van der Waals surface area contributed by atoms with Crippen molar-refractivity contribution in [3.8, 4) is 23.4 Å². The van der Waals surface area contributed by atoms with Crippen LogP contribution in [0.3, 0.4) is 0 Å². The Hall–Kier alpha value is -3.89. The molecule has 0 unspecified atom stereocenters.